The zero-order valence-electron chi connectivity index (χ0n) is 6.36. The Bertz CT molecular complexity index is 392. The van der Waals surface area contributed by atoms with E-state index >= 15 is 0 Å². The molecule has 0 unspecified atom stereocenters. The van der Waals surface area contributed by atoms with Gasteiger partial charge in [0, 0.05) is 22.7 Å². The van der Waals surface area contributed by atoms with Gasteiger partial charge in [0.15, 0.2) is 6.29 Å². The van der Waals surface area contributed by atoms with E-state index in [0.717, 1.165) is 10.9 Å². The van der Waals surface area contributed by atoms with Crippen molar-refractivity contribution in [3.8, 4) is 0 Å². The zero-order chi connectivity index (χ0) is 8.55. The lowest BCUT2D eigenvalue weighted by Gasteiger charge is -1.99. The molecule has 3 heteroatoms. The van der Waals surface area contributed by atoms with Crippen LogP contribution in [0.25, 0.3) is 10.9 Å². The molecule has 0 aliphatic heterocycles. The maximum atomic E-state index is 8.95. The Kier molecular flexibility index (Phi) is 1.60. The van der Waals surface area contributed by atoms with Gasteiger partial charge in [0.2, 0.25) is 0 Å². The second-order valence-electron chi connectivity index (χ2n) is 2.66. The summed E-state index contributed by atoms with van der Waals surface area (Å²) in [5, 5.41) is 18.7. The first-order valence-electron chi connectivity index (χ1n) is 3.71. The molecule has 0 radical (unpaired) electrons. The Morgan fingerprint density at radius 3 is 2.67 bits per heavy atom. The number of hydrogen-bond donors (Lipinski definition) is 3. The number of benzene rings is 1. The molecule has 1 aromatic carbocycles. The van der Waals surface area contributed by atoms with E-state index in [9.17, 15) is 0 Å². The Hall–Kier alpha value is -1.32. The number of H-pyrrole nitrogens is 1. The monoisotopic (exact) mass is 163 g/mol. The quantitative estimate of drug-likeness (QED) is 0.552. The Labute approximate surface area is 69.3 Å². The zero-order valence-corrected chi connectivity index (χ0v) is 6.36. The highest BCUT2D eigenvalue weighted by Gasteiger charge is 2.07. The maximum Gasteiger partial charge on any atom is 0.180 e. The van der Waals surface area contributed by atoms with Gasteiger partial charge in [0.05, 0.1) is 0 Å². The lowest BCUT2D eigenvalue weighted by atomic mass is 10.2. The first-order chi connectivity index (χ1) is 5.79. The minimum atomic E-state index is -1.40. The van der Waals surface area contributed by atoms with Crippen LogP contribution in [0.4, 0.5) is 0 Å². The predicted octanol–water partition coefficient (Wildman–Crippen LogP) is 1.15. The highest BCUT2D eigenvalue weighted by molar-refractivity contribution is 5.83. The largest absolute Gasteiger partial charge is 0.364 e. The third-order valence-corrected chi connectivity index (χ3v) is 1.90. The van der Waals surface area contributed by atoms with E-state index in [2.05, 4.69) is 4.98 Å². The molecule has 3 N–H and O–H groups in total. The van der Waals surface area contributed by atoms with Crippen LogP contribution >= 0.6 is 0 Å². The number of para-hydroxylation sites is 1. The molecule has 0 bridgehead atoms. The summed E-state index contributed by atoms with van der Waals surface area (Å²) in [5.74, 6) is 0. The maximum absolute atomic E-state index is 8.95. The van der Waals surface area contributed by atoms with E-state index in [1.165, 1.54) is 0 Å². The van der Waals surface area contributed by atoms with Gasteiger partial charge in [-0.2, -0.15) is 0 Å². The molecule has 2 rings (SSSR count). The fourth-order valence-electron chi connectivity index (χ4n) is 1.31. The van der Waals surface area contributed by atoms with Crippen molar-refractivity contribution < 1.29 is 10.2 Å². The van der Waals surface area contributed by atoms with Gasteiger partial charge in [0.25, 0.3) is 0 Å². The van der Waals surface area contributed by atoms with Gasteiger partial charge in [-0.25, -0.2) is 0 Å². The Morgan fingerprint density at radius 2 is 1.92 bits per heavy atom. The summed E-state index contributed by atoms with van der Waals surface area (Å²) in [6.07, 6.45) is 0.205. The van der Waals surface area contributed by atoms with Gasteiger partial charge >= 0.3 is 0 Å². The summed E-state index contributed by atoms with van der Waals surface area (Å²) < 4.78 is 0. The normalized spacial score (nSPS) is 11.2. The first-order valence-corrected chi connectivity index (χ1v) is 3.71. The highest BCUT2D eigenvalue weighted by atomic mass is 16.5. The van der Waals surface area contributed by atoms with Crippen LogP contribution in [-0.4, -0.2) is 15.2 Å². The molecular formula is C9H9NO2. The molecule has 0 saturated carbocycles. The molecule has 2 aromatic rings. The molecule has 62 valence electrons. The number of aromatic amines is 1. The molecule has 0 saturated heterocycles. The summed E-state index contributed by atoms with van der Waals surface area (Å²) in [5.41, 5.74) is 1.44. The molecular weight excluding hydrogens is 154 g/mol. The van der Waals surface area contributed by atoms with E-state index in [-0.39, 0.29) is 0 Å². The Balaban J connectivity index is 2.70. The molecule has 0 atom stereocenters. The van der Waals surface area contributed by atoms with Crippen LogP contribution in [0, 0.1) is 0 Å². The highest BCUT2D eigenvalue weighted by Crippen LogP contribution is 2.21. The summed E-state index contributed by atoms with van der Waals surface area (Å²) in [7, 11) is 0. The van der Waals surface area contributed by atoms with E-state index in [0.29, 0.717) is 5.56 Å². The molecule has 3 nitrogen and oxygen atoms in total. The second kappa shape index (κ2) is 2.62. The molecule has 12 heavy (non-hydrogen) atoms. The number of nitrogens with one attached hydrogen (secondary N) is 1. The molecule has 1 heterocycles. The smallest absolute Gasteiger partial charge is 0.180 e. The van der Waals surface area contributed by atoms with Gasteiger partial charge in [-0.15, -0.1) is 0 Å². The number of rotatable bonds is 1. The van der Waals surface area contributed by atoms with Gasteiger partial charge < -0.3 is 15.2 Å². The fourth-order valence-corrected chi connectivity index (χ4v) is 1.31. The van der Waals surface area contributed by atoms with Crippen LogP contribution in [0.5, 0.6) is 0 Å². The van der Waals surface area contributed by atoms with Crippen LogP contribution < -0.4 is 0 Å². The average molecular weight is 163 g/mol. The van der Waals surface area contributed by atoms with E-state index in [1.54, 1.807) is 6.20 Å². The minimum absolute atomic E-state index is 0.519. The second-order valence-corrected chi connectivity index (χ2v) is 2.66. The number of hydrogen-bond acceptors (Lipinski definition) is 2. The third kappa shape index (κ3) is 0.995. The van der Waals surface area contributed by atoms with Gasteiger partial charge in [0.1, 0.15) is 0 Å². The molecule has 0 aliphatic carbocycles. The predicted molar refractivity (Wildman–Crippen MR) is 45.5 cm³/mol. The van der Waals surface area contributed by atoms with Crippen molar-refractivity contribution in [2.24, 2.45) is 0 Å². The van der Waals surface area contributed by atoms with Crippen molar-refractivity contribution in [1.29, 1.82) is 0 Å². The SMILES string of the molecule is OC(O)c1c[nH]c2ccccc12. The average Bonchev–Trinajstić information content (AvgIpc) is 2.47. The number of aliphatic hydroxyl groups is 2. The molecule has 0 fully saturated rings. The van der Waals surface area contributed by atoms with Crippen molar-refractivity contribution in [2.75, 3.05) is 0 Å². The number of aliphatic hydroxyl groups excluding tert-OH is 1. The van der Waals surface area contributed by atoms with Crippen LogP contribution in [0.15, 0.2) is 30.5 Å². The summed E-state index contributed by atoms with van der Waals surface area (Å²) in [6, 6.07) is 7.50. The van der Waals surface area contributed by atoms with Gasteiger partial charge in [-0.05, 0) is 6.07 Å². The van der Waals surface area contributed by atoms with Gasteiger partial charge in [-0.3, -0.25) is 0 Å². The Morgan fingerprint density at radius 1 is 1.17 bits per heavy atom. The van der Waals surface area contributed by atoms with Gasteiger partial charge in [-0.1, -0.05) is 18.2 Å². The molecule has 0 spiro atoms. The van der Waals surface area contributed by atoms with Crippen LogP contribution in [0.1, 0.15) is 11.9 Å². The standard InChI is InChI=1S/C9H9NO2/c11-9(12)7-5-10-8-4-2-1-3-6(7)8/h1-5,9-12H. The van der Waals surface area contributed by atoms with Crippen molar-refractivity contribution in [1.82, 2.24) is 4.98 Å². The lowest BCUT2D eigenvalue weighted by Crippen LogP contribution is -1.91. The number of aromatic nitrogens is 1. The molecule has 0 aliphatic rings. The van der Waals surface area contributed by atoms with Crippen molar-refractivity contribution >= 4 is 10.9 Å². The summed E-state index contributed by atoms with van der Waals surface area (Å²) >= 11 is 0. The topological polar surface area (TPSA) is 56.2 Å². The van der Waals surface area contributed by atoms with Crippen molar-refractivity contribution in [3.05, 3.63) is 36.0 Å². The molecule has 0 amide bonds. The molecule has 1 aromatic heterocycles. The van der Waals surface area contributed by atoms with E-state index in [4.69, 9.17) is 10.2 Å². The first kappa shape index (κ1) is 7.34. The number of fused-ring (bicyclic) bond motifs is 1. The fraction of sp³-hybridized carbons (Fsp3) is 0.111. The van der Waals surface area contributed by atoms with E-state index < -0.39 is 6.29 Å². The van der Waals surface area contributed by atoms with Crippen molar-refractivity contribution in [3.63, 3.8) is 0 Å². The van der Waals surface area contributed by atoms with E-state index in [1.807, 2.05) is 24.3 Å². The lowest BCUT2D eigenvalue weighted by molar-refractivity contribution is -0.0412. The summed E-state index contributed by atoms with van der Waals surface area (Å²) in [6.45, 7) is 0. The third-order valence-electron chi connectivity index (χ3n) is 1.90. The van der Waals surface area contributed by atoms with Crippen LogP contribution in [0.2, 0.25) is 0 Å². The van der Waals surface area contributed by atoms with Crippen molar-refractivity contribution in [2.45, 2.75) is 6.29 Å². The van der Waals surface area contributed by atoms with Crippen LogP contribution in [-0.2, 0) is 0 Å². The minimum Gasteiger partial charge on any atom is -0.364 e. The summed E-state index contributed by atoms with van der Waals surface area (Å²) in [4.78, 5) is 2.95. The van der Waals surface area contributed by atoms with Crippen LogP contribution in [0.3, 0.4) is 0 Å².